The van der Waals surface area contributed by atoms with E-state index in [1.165, 1.54) is 15.9 Å². The van der Waals surface area contributed by atoms with Crippen molar-refractivity contribution in [3.63, 3.8) is 0 Å². The zero-order valence-electron chi connectivity index (χ0n) is 17.3. The van der Waals surface area contributed by atoms with Gasteiger partial charge in [0.15, 0.2) is 0 Å². The Balaban J connectivity index is 1.58. The van der Waals surface area contributed by atoms with Gasteiger partial charge in [-0.15, -0.1) is 0 Å². The second kappa shape index (κ2) is 9.32. The number of benzene rings is 3. The molecule has 1 N–H and O–H groups in total. The Hall–Kier alpha value is -3.88. The molecule has 0 spiro atoms. The van der Waals surface area contributed by atoms with Crippen molar-refractivity contribution in [2.24, 2.45) is 0 Å². The van der Waals surface area contributed by atoms with E-state index in [0.29, 0.717) is 25.2 Å². The molecule has 33 heavy (non-hydrogen) atoms. The van der Waals surface area contributed by atoms with Gasteiger partial charge in [0.2, 0.25) is 0 Å². The molecule has 170 valence electrons. The topological polar surface area (TPSA) is 52.7 Å². The molecule has 3 aromatic rings. The minimum absolute atomic E-state index is 0.0433. The first-order valence-electron chi connectivity index (χ1n) is 10.2. The molecule has 0 unspecified atom stereocenters. The molecule has 0 aromatic heterocycles. The summed E-state index contributed by atoms with van der Waals surface area (Å²) in [4.78, 5) is 28.5. The minimum atomic E-state index is -1.01. The van der Waals surface area contributed by atoms with Gasteiger partial charge in [-0.3, -0.25) is 9.69 Å². The fraction of sp³-hybridized carbons (Fsp3) is 0.167. The molecule has 1 fully saturated rings. The van der Waals surface area contributed by atoms with E-state index >= 15 is 0 Å². The molecule has 9 heteroatoms. The summed E-state index contributed by atoms with van der Waals surface area (Å²) in [5.74, 6) is -4.26. The Morgan fingerprint density at radius 1 is 0.879 bits per heavy atom. The standard InChI is InChI=1S/C24H19F4N3O2/c25-16-9-10-17(26)15(13-16)14-30-11-4-12-31(24(30)33)21-8-2-1-7-20(21)29-23(32)22-18(27)5-3-6-19(22)28/h1-3,5-10,13H,4,11-12,14H2,(H,29,32). The van der Waals surface area contributed by atoms with Crippen molar-refractivity contribution < 1.29 is 27.2 Å². The first-order chi connectivity index (χ1) is 15.8. The smallest absolute Gasteiger partial charge is 0.320 e. The lowest BCUT2D eigenvalue weighted by atomic mass is 10.1. The van der Waals surface area contributed by atoms with E-state index in [1.54, 1.807) is 18.2 Å². The van der Waals surface area contributed by atoms with E-state index in [-0.39, 0.29) is 17.8 Å². The molecule has 0 aliphatic carbocycles. The quantitative estimate of drug-likeness (QED) is 0.527. The minimum Gasteiger partial charge on any atom is -0.320 e. The van der Waals surface area contributed by atoms with Gasteiger partial charge in [0.05, 0.1) is 17.9 Å². The van der Waals surface area contributed by atoms with Crippen LogP contribution in [-0.2, 0) is 6.54 Å². The molecular weight excluding hydrogens is 438 g/mol. The summed E-state index contributed by atoms with van der Waals surface area (Å²) in [7, 11) is 0. The molecule has 0 saturated carbocycles. The molecule has 0 bridgehead atoms. The van der Waals surface area contributed by atoms with Crippen molar-refractivity contribution >= 4 is 23.3 Å². The van der Waals surface area contributed by atoms with Crippen LogP contribution in [0.3, 0.4) is 0 Å². The van der Waals surface area contributed by atoms with Crippen LogP contribution in [0, 0.1) is 23.3 Å². The molecule has 3 amide bonds. The van der Waals surface area contributed by atoms with E-state index in [2.05, 4.69) is 5.32 Å². The highest BCUT2D eigenvalue weighted by molar-refractivity contribution is 6.08. The average molecular weight is 457 g/mol. The largest absolute Gasteiger partial charge is 0.324 e. The van der Waals surface area contributed by atoms with Crippen LogP contribution < -0.4 is 10.2 Å². The van der Waals surface area contributed by atoms with Crippen LogP contribution in [0.5, 0.6) is 0 Å². The third kappa shape index (κ3) is 4.67. The Labute approximate surface area is 187 Å². The third-order valence-corrected chi connectivity index (χ3v) is 5.31. The summed E-state index contributed by atoms with van der Waals surface area (Å²) in [6.45, 7) is 0.510. The summed E-state index contributed by atoms with van der Waals surface area (Å²) in [5, 5.41) is 2.47. The second-order valence-electron chi connectivity index (χ2n) is 7.51. The molecule has 5 nitrogen and oxygen atoms in total. The van der Waals surface area contributed by atoms with Gasteiger partial charge in [0.25, 0.3) is 5.91 Å². The number of halogens is 4. The van der Waals surface area contributed by atoms with E-state index < -0.39 is 40.8 Å². The van der Waals surface area contributed by atoms with E-state index in [4.69, 9.17) is 0 Å². The fourth-order valence-electron chi connectivity index (χ4n) is 3.74. The predicted molar refractivity (Wildman–Crippen MR) is 115 cm³/mol. The first-order valence-corrected chi connectivity index (χ1v) is 10.2. The number of carbonyl (C=O) groups is 2. The van der Waals surface area contributed by atoms with Crippen molar-refractivity contribution in [1.29, 1.82) is 0 Å². The summed E-state index contributed by atoms with van der Waals surface area (Å²) < 4.78 is 55.6. The van der Waals surface area contributed by atoms with E-state index in [9.17, 15) is 27.2 Å². The summed E-state index contributed by atoms with van der Waals surface area (Å²) in [5.41, 5.74) is -0.198. The van der Waals surface area contributed by atoms with Gasteiger partial charge < -0.3 is 10.2 Å². The zero-order chi connectivity index (χ0) is 23.5. The van der Waals surface area contributed by atoms with Crippen LogP contribution in [0.4, 0.5) is 33.7 Å². The van der Waals surface area contributed by atoms with Gasteiger partial charge in [-0.05, 0) is 48.9 Å². The number of nitrogens with zero attached hydrogens (tertiary/aromatic N) is 2. The number of amides is 3. The number of urea groups is 1. The van der Waals surface area contributed by atoms with Gasteiger partial charge >= 0.3 is 6.03 Å². The van der Waals surface area contributed by atoms with Crippen LogP contribution in [0.15, 0.2) is 60.7 Å². The highest BCUT2D eigenvalue weighted by atomic mass is 19.1. The summed E-state index contributed by atoms with van der Waals surface area (Å²) in [6, 6.07) is 12.0. The van der Waals surface area contributed by atoms with Crippen molar-refractivity contribution in [3.05, 3.63) is 95.1 Å². The number of hydrogen-bond acceptors (Lipinski definition) is 2. The fourth-order valence-corrected chi connectivity index (χ4v) is 3.74. The van der Waals surface area contributed by atoms with Crippen LogP contribution >= 0.6 is 0 Å². The van der Waals surface area contributed by atoms with Gasteiger partial charge in [-0.2, -0.15) is 0 Å². The van der Waals surface area contributed by atoms with Crippen LogP contribution in [0.25, 0.3) is 0 Å². The van der Waals surface area contributed by atoms with Crippen molar-refractivity contribution in [2.75, 3.05) is 23.3 Å². The molecule has 1 aliphatic rings. The third-order valence-electron chi connectivity index (χ3n) is 5.31. The number of carbonyl (C=O) groups excluding carboxylic acids is 2. The molecule has 3 aromatic carbocycles. The maximum absolute atomic E-state index is 14.1. The van der Waals surface area contributed by atoms with Gasteiger partial charge in [0.1, 0.15) is 28.8 Å². The van der Waals surface area contributed by atoms with Gasteiger partial charge in [0, 0.05) is 18.7 Å². The number of hydrogen-bond donors (Lipinski definition) is 1. The second-order valence-corrected chi connectivity index (χ2v) is 7.51. The molecule has 0 atom stereocenters. The SMILES string of the molecule is O=C(Nc1ccccc1N1CCCN(Cc2cc(F)ccc2F)C1=O)c1c(F)cccc1F. The number of para-hydroxylation sites is 2. The maximum Gasteiger partial charge on any atom is 0.324 e. The lowest BCUT2D eigenvalue weighted by molar-refractivity contribution is 0.101. The summed E-state index contributed by atoms with van der Waals surface area (Å²) >= 11 is 0. The van der Waals surface area contributed by atoms with Crippen LogP contribution in [-0.4, -0.2) is 29.9 Å². The van der Waals surface area contributed by atoms with Crippen molar-refractivity contribution in [3.8, 4) is 0 Å². The number of rotatable bonds is 5. The van der Waals surface area contributed by atoms with E-state index in [0.717, 1.165) is 36.4 Å². The number of anilines is 2. The van der Waals surface area contributed by atoms with Crippen LogP contribution in [0.2, 0.25) is 0 Å². The monoisotopic (exact) mass is 457 g/mol. The predicted octanol–water partition coefficient (Wildman–Crippen LogP) is 5.33. The lowest BCUT2D eigenvalue weighted by Crippen LogP contribution is -2.49. The molecule has 0 radical (unpaired) electrons. The van der Waals surface area contributed by atoms with Crippen LogP contribution in [0.1, 0.15) is 22.3 Å². The highest BCUT2D eigenvalue weighted by Gasteiger charge is 2.29. The molecule has 1 heterocycles. The van der Waals surface area contributed by atoms with Crippen molar-refractivity contribution in [1.82, 2.24) is 4.90 Å². The Kier molecular flexibility index (Phi) is 6.30. The lowest BCUT2D eigenvalue weighted by Gasteiger charge is -2.36. The van der Waals surface area contributed by atoms with E-state index in [1.807, 2.05) is 0 Å². The molecule has 4 rings (SSSR count). The maximum atomic E-state index is 14.1. The van der Waals surface area contributed by atoms with Gasteiger partial charge in [-0.1, -0.05) is 18.2 Å². The Morgan fingerprint density at radius 3 is 2.36 bits per heavy atom. The summed E-state index contributed by atoms with van der Waals surface area (Å²) in [6.07, 6.45) is 0.535. The Morgan fingerprint density at radius 2 is 1.61 bits per heavy atom. The number of nitrogens with one attached hydrogen (secondary N) is 1. The first kappa shape index (κ1) is 22.3. The molecular formula is C24H19F4N3O2. The molecule has 1 saturated heterocycles. The molecule has 1 aliphatic heterocycles. The van der Waals surface area contributed by atoms with Crippen molar-refractivity contribution in [2.45, 2.75) is 13.0 Å². The average Bonchev–Trinajstić information content (AvgIpc) is 2.78. The highest BCUT2D eigenvalue weighted by Crippen LogP contribution is 2.30. The Bertz CT molecular complexity index is 1200. The normalized spacial score (nSPS) is 13.9. The van der Waals surface area contributed by atoms with Gasteiger partial charge in [-0.25, -0.2) is 22.4 Å². The zero-order valence-corrected chi connectivity index (χ0v) is 17.3.